The highest BCUT2D eigenvalue weighted by atomic mass is 16.3. The van der Waals surface area contributed by atoms with Gasteiger partial charge in [-0.25, -0.2) is 0 Å². The van der Waals surface area contributed by atoms with E-state index in [1.165, 1.54) is 11.3 Å². The second-order valence-corrected chi connectivity index (χ2v) is 5.61. The SMILES string of the molecule is Cc1ccc(C(C)N2CC(CCN)c3ccccc32)o1. The Kier molecular flexibility index (Phi) is 3.53. The van der Waals surface area contributed by atoms with Gasteiger partial charge in [0, 0.05) is 18.2 Å². The first-order valence-corrected chi connectivity index (χ1v) is 7.32. The van der Waals surface area contributed by atoms with Crippen molar-refractivity contribution in [1.82, 2.24) is 0 Å². The number of rotatable bonds is 4. The van der Waals surface area contributed by atoms with Gasteiger partial charge < -0.3 is 15.1 Å². The molecule has 20 heavy (non-hydrogen) atoms. The van der Waals surface area contributed by atoms with Crippen LogP contribution in [0, 0.1) is 6.92 Å². The van der Waals surface area contributed by atoms with Gasteiger partial charge in [0.25, 0.3) is 0 Å². The van der Waals surface area contributed by atoms with Gasteiger partial charge in [-0.15, -0.1) is 0 Å². The summed E-state index contributed by atoms with van der Waals surface area (Å²) in [7, 11) is 0. The highest BCUT2D eigenvalue weighted by Crippen LogP contribution is 2.42. The molecule has 106 valence electrons. The van der Waals surface area contributed by atoms with Crippen molar-refractivity contribution in [2.45, 2.75) is 32.2 Å². The molecule has 1 aromatic heterocycles. The lowest BCUT2D eigenvalue weighted by Gasteiger charge is -2.26. The van der Waals surface area contributed by atoms with E-state index in [2.05, 4.69) is 42.2 Å². The normalized spacial score (nSPS) is 19.1. The first kappa shape index (κ1) is 13.3. The van der Waals surface area contributed by atoms with Crippen LogP contribution in [-0.2, 0) is 0 Å². The van der Waals surface area contributed by atoms with Crippen molar-refractivity contribution in [1.29, 1.82) is 0 Å². The van der Waals surface area contributed by atoms with Crippen molar-refractivity contribution in [3.8, 4) is 0 Å². The lowest BCUT2D eigenvalue weighted by molar-refractivity contribution is 0.442. The number of aryl methyl sites for hydroxylation is 1. The van der Waals surface area contributed by atoms with E-state index in [1.807, 2.05) is 13.0 Å². The Morgan fingerprint density at radius 1 is 1.30 bits per heavy atom. The minimum atomic E-state index is 0.257. The zero-order chi connectivity index (χ0) is 14.1. The van der Waals surface area contributed by atoms with Gasteiger partial charge in [-0.3, -0.25) is 0 Å². The standard InChI is InChI=1S/C17H22N2O/c1-12-7-8-17(20-12)13(2)19-11-14(9-10-18)15-5-3-4-6-16(15)19/h3-8,13-14H,9-11,18H2,1-2H3. The van der Waals surface area contributed by atoms with Crippen LogP contribution in [0.5, 0.6) is 0 Å². The molecule has 1 aliphatic rings. The van der Waals surface area contributed by atoms with Gasteiger partial charge in [-0.2, -0.15) is 0 Å². The predicted octanol–water partition coefficient (Wildman–Crippen LogP) is 3.60. The van der Waals surface area contributed by atoms with Crippen LogP contribution >= 0.6 is 0 Å². The first-order chi connectivity index (χ1) is 9.70. The van der Waals surface area contributed by atoms with E-state index in [0.29, 0.717) is 5.92 Å². The van der Waals surface area contributed by atoms with Crippen LogP contribution in [0.2, 0.25) is 0 Å². The van der Waals surface area contributed by atoms with Crippen molar-refractivity contribution in [3.63, 3.8) is 0 Å². The van der Waals surface area contributed by atoms with Gasteiger partial charge >= 0.3 is 0 Å². The molecule has 1 aromatic carbocycles. The third-order valence-electron chi connectivity index (χ3n) is 4.26. The van der Waals surface area contributed by atoms with E-state index in [9.17, 15) is 0 Å². The fourth-order valence-electron chi connectivity index (χ4n) is 3.17. The van der Waals surface area contributed by atoms with Gasteiger partial charge in [0.1, 0.15) is 11.5 Å². The smallest absolute Gasteiger partial charge is 0.126 e. The summed E-state index contributed by atoms with van der Waals surface area (Å²) >= 11 is 0. The molecule has 0 spiro atoms. The number of benzene rings is 1. The fourth-order valence-corrected chi connectivity index (χ4v) is 3.17. The van der Waals surface area contributed by atoms with Crippen molar-refractivity contribution in [2.24, 2.45) is 5.73 Å². The summed E-state index contributed by atoms with van der Waals surface area (Å²) in [6.07, 6.45) is 1.04. The molecule has 0 radical (unpaired) electrons. The van der Waals surface area contributed by atoms with E-state index < -0.39 is 0 Å². The van der Waals surface area contributed by atoms with E-state index in [0.717, 1.165) is 31.0 Å². The van der Waals surface area contributed by atoms with Gasteiger partial charge in [-0.1, -0.05) is 18.2 Å². The van der Waals surface area contributed by atoms with Crippen LogP contribution in [0.25, 0.3) is 0 Å². The van der Waals surface area contributed by atoms with E-state index >= 15 is 0 Å². The van der Waals surface area contributed by atoms with Gasteiger partial charge in [-0.05, 0) is 50.6 Å². The van der Waals surface area contributed by atoms with Crippen molar-refractivity contribution in [3.05, 3.63) is 53.5 Å². The Hall–Kier alpha value is -1.74. The summed E-state index contributed by atoms with van der Waals surface area (Å²) in [6.45, 7) is 5.96. The number of furan rings is 1. The Bertz CT molecular complexity index is 590. The summed E-state index contributed by atoms with van der Waals surface area (Å²) in [6, 6.07) is 13.0. The first-order valence-electron chi connectivity index (χ1n) is 7.32. The van der Waals surface area contributed by atoms with Crippen LogP contribution in [0.3, 0.4) is 0 Å². The van der Waals surface area contributed by atoms with Crippen molar-refractivity contribution >= 4 is 5.69 Å². The molecule has 2 unspecified atom stereocenters. The molecule has 3 rings (SSSR count). The molecule has 2 N–H and O–H groups in total. The van der Waals surface area contributed by atoms with Gasteiger partial charge in [0.2, 0.25) is 0 Å². The number of nitrogens with zero attached hydrogens (tertiary/aromatic N) is 1. The molecule has 3 heteroatoms. The van der Waals surface area contributed by atoms with Gasteiger partial charge in [0.15, 0.2) is 0 Å². The quantitative estimate of drug-likeness (QED) is 0.923. The molecule has 0 bridgehead atoms. The second-order valence-electron chi connectivity index (χ2n) is 5.61. The van der Waals surface area contributed by atoms with Crippen LogP contribution in [0.4, 0.5) is 5.69 Å². The largest absolute Gasteiger partial charge is 0.464 e. The second kappa shape index (κ2) is 5.33. The zero-order valence-corrected chi connectivity index (χ0v) is 12.2. The Labute approximate surface area is 120 Å². The Morgan fingerprint density at radius 3 is 2.80 bits per heavy atom. The minimum Gasteiger partial charge on any atom is -0.464 e. The molecule has 0 saturated heterocycles. The molecule has 0 fully saturated rings. The lowest BCUT2D eigenvalue weighted by atomic mass is 9.98. The summed E-state index contributed by atoms with van der Waals surface area (Å²) < 4.78 is 5.80. The minimum absolute atomic E-state index is 0.257. The number of fused-ring (bicyclic) bond motifs is 1. The zero-order valence-electron chi connectivity index (χ0n) is 12.2. The highest BCUT2D eigenvalue weighted by Gasteiger charge is 2.31. The third kappa shape index (κ3) is 2.22. The molecule has 0 saturated carbocycles. The summed E-state index contributed by atoms with van der Waals surface area (Å²) in [5.41, 5.74) is 8.51. The predicted molar refractivity (Wildman–Crippen MR) is 82.1 cm³/mol. The molecule has 0 amide bonds. The Morgan fingerprint density at radius 2 is 2.10 bits per heavy atom. The van der Waals surface area contributed by atoms with Crippen LogP contribution in [0.1, 0.15) is 42.4 Å². The van der Waals surface area contributed by atoms with E-state index in [-0.39, 0.29) is 6.04 Å². The van der Waals surface area contributed by atoms with Crippen LogP contribution in [0.15, 0.2) is 40.8 Å². The molecule has 2 atom stereocenters. The maximum atomic E-state index is 5.80. The summed E-state index contributed by atoms with van der Waals surface area (Å²) in [5.74, 6) is 2.54. The monoisotopic (exact) mass is 270 g/mol. The van der Waals surface area contributed by atoms with Gasteiger partial charge in [0.05, 0.1) is 6.04 Å². The van der Waals surface area contributed by atoms with E-state index in [4.69, 9.17) is 10.2 Å². The topological polar surface area (TPSA) is 42.4 Å². The lowest BCUT2D eigenvalue weighted by Crippen LogP contribution is -2.25. The average Bonchev–Trinajstić information content (AvgIpc) is 3.04. The molecular formula is C17H22N2O. The summed E-state index contributed by atoms with van der Waals surface area (Å²) in [5, 5.41) is 0. The number of anilines is 1. The average molecular weight is 270 g/mol. The third-order valence-corrected chi connectivity index (χ3v) is 4.26. The van der Waals surface area contributed by atoms with E-state index in [1.54, 1.807) is 0 Å². The maximum absolute atomic E-state index is 5.80. The molecule has 1 aliphatic heterocycles. The molecular weight excluding hydrogens is 248 g/mol. The number of hydrogen-bond donors (Lipinski definition) is 1. The van der Waals surface area contributed by atoms with Crippen molar-refractivity contribution in [2.75, 3.05) is 18.0 Å². The molecule has 2 aromatic rings. The fraction of sp³-hybridized carbons (Fsp3) is 0.412. The molecule has 0 aliphatic carbocycles. The van der Waals surface area contributed by atoms with Crippen LogP contribution in [-0.4, -0.2) is 13.1 Å². The number of hydrogen-bond acceptors (Lipinski definition) is 3. The molecule has 2 heterocycles. The summed E-state index contributed by atoms with van der Waals surface area (Å²) in [4.78, 5) is 2.44. The Balaban J connectivity index is 1.91. The number of para-hydroxylation sites is 1. The maximum Gasteiger partial charge on any atom is 0.126 e. The van der Waals surface area contributed by atoms with Crippen LogP contribution < -0.4 is 10.6 Å². The highest BCUT2D eigenvalue weighted by molar-refractivity contribution is 5.61. The molecule has 3 nitrogen and oxygen atoms in total. The van der Waals surface area contributed by atoms with Crippen molar-refractivity contribution < 1.29 is 4.42 Å². The number of nitrogens with two attached hydrogens (primary N) is 1.